The Labute approximate surface area is 172 Å². The van der Waals surface area contributed by atoms with Crippen molar-refractivity contribution in [1.29, 1.82) is 0 Å². The summed E-state index contributed by atoms with van der Waals surface area (Å²) in [6.07, 6.45) is -2.02. The largest absolute Gasteiger partial charge is 0.465 e. The van der Waals surface area contributed by atoms with Crippen molar-refractivity contribution in [3.05, 3.63) is 29.2 Å². The summed E-state index contributed by atoms with van der Waals surface area (Å²) in [5, 5.41) is 14.3. The molecule has 3 fully saturated rings. The molecule has 3 aliphatic rings. The van der Waals surface area contributed by atoms with E-state index in [0.29, 0.717) is 37.5 Å². The molecular weight excluding hydrogens is 397 g/mol. The van der Waals surface area contributed by atoms with E-state index in [0.717, 1.165) is 29.9 Å². The number of amides is 1. The van der Waals surface area contributed by atoms with Gasteiger partial charge in [-0.1, -0.05) is 0 Å². The lowest BCUT2D eigenvalue weighted by Crippen LogP contribution is -2.42. The molecule has 2 aromatic heterocycles. The molecule has 1 aliphatic heterocycles. The number of hydrogen-bond donors (Lipinski definition) is 1. The standard InChI is InChI=1S/C21H25F3N4O2/c1-12-8-17(20-10-15(20)6-7-27(11-20)19(29)30)28-18(25-12)9-16(26-28)13-2-4-14(5-3-13)21(22,23)24/h8-9,13-15H,2-7,10-11H2,1H3,(H,29,30)/t13?,14?,15-,20+/m0/s1. The fraction of sp³-hybridized carbons (Fsp3) is 0.667. The van der Waals surface area contributed by atoms with E-state index in [9.17, 15) is 23.1 Å². The van der Waals surface area contributed by atoms with Gasteiger partial charge in [0.1, 0.15) is 0 Å². The van der Waals surface area contributed by atoms with Crippen LogP contribution in [-0.4, -0.2) is 50.0 Å². The van der Waals surface area contributed by atoms with Crippen LogP contribution < -0.4 is 0 Å². The number of alkyl halides is 3. The first kappa shape index (κ1) is 19.6. The van der Waals surface area contributed by atoms with Gasteiger partial charge in [0, 0.05) is 36.2 Å². The Kier molecular flexibility index (Phi) is 4.31. The van der Waals surface area contributed by atoms with Crippen LogP contribution in [0.3, 0.4) is 0 Å². The number of nitrogens with zero attached hydrogens (tertiary/aromatic N) is 4. The van der Waals surface area contributed by atoms with Crippen molar-refractivity contribution in [3.8, 4) is 0 Å². The van der Waals surface area contributed by atoms with Crippen LogP contribution >= 0.6 is 0 Å². The molecule has 1 amide bonds. The Hall–Kier alpha value is -2.32. The molecule has 0 radical (unpaired) electrons. The van der Waals surface area contributed by atoms with Crippen LogP contribution in [0.2, 0.25) is 0 Å². The second-order valence-corrected chi connectivity index (χ2v) is 9.26. The number of carboxylic acid groups (broad SMARTS) is 1. The third-order valence-electron chi connectivity index (χ3n) is 7.42. The average molecular weight is 422 g/mol. The van der Waals surface area contributed by atoms with Gasteiger partial charge in [0.05, 0.1) is 17.3 Å². The number of likely N-dealkylation sites (tertiary alicyclic amines) is 1. The van der Waals surface area contributed by atoms with Gasteiger partial charge in [-0.15, -0.1) is 0 Å². The second-order valence-electron chi connectivity index (χ2n) is 9.26. The van der Waals surface area contributed by atoms with E-state index in [1.165, 1.54) is 4.90 Å². The Morgan fingerprint density at radius 3 is 2.60 bits per heavy atom. The monoisotopic (exact) mass is 422 g/mol. The maximum atomic E-state index is 13.0. The molecule has 0 unspecified atom stereocenters. The first-order valence-electron chi connectivity index (χ1n) is 10.6. The highest BCUT2D eigenvalue weighted by atomic mass is 19.4. The summed E-state index contributed by atoms with van der Waals surface area (Å²) in [4.78, 5) is 17.6. The highest BCUT2D eigenvalue weighted by Crippen LogP contribution is 2.58. The molecule has 0 spiro atoms. The third-order valence-corrected chi connectivity index (χ3v) is 7.42. The number of piperidine rings is 1. The van der Waals surface area contributed by atoms with Crippen molar-refractivity contribution in [2.75, 3.05) is 13.1 Å². The van der Waals surface area contributed by atoms with Crippen molar-refractivity contribution in [2.45, 2.75) is 63.0 Å². The summed E-state index contributed by atoms with van der Waals surface area (Å²) < 4.78 is 40.8. The number of halogens is 3. The van der Waals surface area contributed by atoms with Crippen molar-refractivity contribution in [3.63, 3.8) is 0 Å². The molecule has 1 N–H and O–H groups in total. The van der Waals surface area contributed by atoms with E-state index in [1.807, 2.05) is 23.6 Å². The highest BCUT2D eigenvalue weighted by Gasteiger charge is 2.60. The molecule has 6 nitrogen and oxygen atoms in total. The van der Waals surface area contributed by atoms with Gasteiger partial charge in [0.15, 0.2) is 5.65 Å². The van der Waals surface area contributed by atoms with Gasteiger partial charge >= 0.3 is 12.3 Å². The van der Waals surface area contributed by atoms with E-state index in [4.69, 9.17) is 5.10 Å². The molecule has 3 heterocycles. The predicted molar refractivity (Wildman–Crippen MR) is 102 cm³/mol. The second kappa shape index (κ2) is 6.59. The summed E-state index contributed by atoms with van der Waals surface area (Å²) in [6.45, 7) is 2.93. The maximum absolute atomic E-state index is 13.0. The summed E-state index contributed by atoms with van der Waals surface area (Å²) in [7, 11) is 0. The lowest BCUT2D eigenvalue weighted by molar-refractivity contribution is -0.182. The summed E-state index contributed by atoms with van der Waals surface area (Å²) in [5.74, 6) is -0.766. The molecule has 30 heavy (non-hydrogen) atoms. The average Bonchev–Trinajstić information content (AvgIpc) is 3.29. The molecule has 162 valence electrons. The molecule has 2 saturated carbocycles. The van der Waals surface area contributed by atoms with Gasteiger partial charge in [-0.2, -0.15) is 18.3 Å². The van der Waals surface area contributed by atoms with Gasteiger partial charge in [0.2, 0.25) is 0 Å². The SMILES string of the molecule is Cc1cc([C@@]23C[C@@H]2CCN(C(=O)O)C3)n2nc(C3CCC(C(F)(F)F)CC3)cc2n1. The molecule has 2 aromatic rings. The third kappa shape index (κ3) is 3.13. The highest BCUT2D eigenvalue weighted by molar-refractivity contribution is 5.66. The van der Waals surface area contributed by atoms with E-state index in [2.05, 4.69) is 4.98 Å². The van der Waals surface area contributed by atoms with Gasteiger partial charge in [-0.3, -0.25) is 0 Å². The molecule has 0 bridgehead atoms. The minimum absolute atomic E-state index is 0.00725. The molecular formula is C21H25F3N4O2. The normalized spacial score (nSPS) is 31.6. The van der Waals surface area contributed by atoms with E-state index < -0.39 is 18.2 Å². The number of aromatic nitrogens is 3. The zero-order valence-electron chi connectivity index (χ0n) is 16.8. The van der Waals surface area contributed by atoms with Gasteiger partial charge in [-0.25, -0.2) is 14.3 Å². The Morgan fingerprint density at radius 1 is 1.20 bits per heavy atom. The molecule has 2 aliphatic carbocycles. The minimum atomic E-state index is -4.12. The Morgan fingerprint density at radius 2 is 1.93 bits per heavy atom. The Bertz CT molecular complexity index is 996. The van der Waals surface area contributed by atoms with Crippen LogP contribution in [0.15, 0.2) is 12.1 Å². The van der Waals surface area contributed by atoms with Gasteiger partial charge in [-0.05, 0) is 57.4 Å². The van der Waals surface area contributed by atoms with Crippen molar-refractivity contribution in [2.24, 2.45) is 11.8 Å². The zero-order valence-corrected chi connectivity index (χ0v) is 16.8. The van der Waals surface area contributed by atoms with Crippen LogP contribution in [0.25, 0.3) is 5.65 Å². The smallest absolute Gasteiger partial charge is 0.407 e. The summed E-state index contributed by atoms with van der Waals surface area (Å²) in [6, 6.07) is 3.90. The molecule has 9 heteroatoms. The van der Waals surface area contributed by atoms with Crippen LogP contribution in [0, 0.1) is 18.8 Å². The lowest BCUT2D eigenvalue weighted by Gasteiger charge is -2.31. The Balaban J connectivity index is 1.46. The molecule has 2 atom stereocenters. The topological polar surface area (TPSA) is 70.7 Å². The molecule has 0 aromatic carbocycles. The van der Waals surface area contributed by atoms with Crippen molar-refractivity contribution >= 4 is 11.7 Å². The van der Waals surface area contributed by atoms with E-state index in [1.54, 1.807) is 0 Å². The fourth-order valence-corrected chi connectivity index (χ4v) is 5.63. The number of carbonyl (C=O) groups is 1. The maximum Gasteiger partial charge on any atom is 0.407 e. The summed E-state index contributed by atoms with van der Waals surface area (Å²) in [5.41, 5.74) is 3.09. The van der Waals surface area contributed by atoms with Gasteiger partial charge < -0.3 is 10.0 Å². The van der Waals surface area contributed by atoms with Crippen LogP contribution in [0.5, 0.6) is 0 Å². The van der Waals surface area contributed by atoms with Crippen LogP contribution in [0.1, 0.15) is 61.5 Å². The van der Waals surface area contributed by atoms with E-state index >= 15 is 0 Å². The van der Waals surface area contributed by atoms with Crippen LogP contribution in [0.4, 0.5) is 18.0 Å². The van der Waals surface area contributed by atoms with Crippen LogP contribution in [-0.2, 0) is 5.41 Å². The molecule has 5 rings (SSSR count). The first-order valence-corrected chi connectivity index (χ1v) is 10.6. The quantitative estimate of drug-likeness (QED) is 0.773. The number of hydrogen-bond acceptors (Lipinski definition) is 3. The van der Waals surface area contributed by atoms with E-state index in [-0.39, 0.29) is 24.2 Å². The first-order chi connectivity index (χ1) is 14.2. The number of rotatable bonds is 2. The number of fused-ring (bicyclic) bond motifs is 2. The zero-order chi connectivity index (χ0) is 21.3. The lowest BCUT2D eigenvalue weighted by atomic mass is 9.80. The fourth-order valence-electron chi connectivity index (χ4n) is 5.63. The van der Waals surface area contributed by atoms with Gasteiger partial charge in [0.25, 0.3) is 0 Å². The summed E-state index contributed by atoms with van der Waals surface area (Å²) >= 11 is 0. The van der Waals surface area contributed by atoms with Crippen molar-refractivity contribution in [1.82, 2.24) is 19.5 Å². The minimum Gasteiger partial charge on any atom is -0.465 e. The van der Waals surface area contributed by atoms with Crippen molar-refractivity contribution < 1.29 is 23.1 Å². The molecule has 1 saturated heterocycles. The predicted octanol–water partition coefficient (Wildman–Crippen LogP) is 4.52. The number of aryl methyl sites for hydroxylation is 1.